The summed E-state index contributed by atoms with van der Waals surface area (Å²) >= 11 is 0. The van der Waals surface area contributed by atoms with Crippen molar-refractivity contribution >= 4 is 11.9 Å². The number of esters is 1. The minimum Gasteiger partial charge on any atom is -0.481 e. The Balaban J connectivity index is 2.67. The van der Waals surface area contributed by atoms with Gasteiger partial charge in [-0.3, -0.25) is 4.79 Å². The van der Waals surface area contributed by atoms with Crippen LogP contribution >= 0.6 is 0 Å². The Morgan fingerprint density at radius 3 is 2.35 bits per heavy atom. The molecule has 0 aromatic rings. The van der Waals surface area contributed by atoms with Crippen molar-refractivity contribution in [1.82, 2.24) is 0 Å². The smallest absolute Gasteiger partial charge is 0.333 e. The predicted molar refractivity (Wildman–Crippen MR) is 63.6 cm³/mol. The van der Waals surface area contributed by atoms with Gasteiger partial charge in [0.15, 0.2) is 0 Å². The molecule has 0 unspecified atom stereocenters. The van der Waals surface area contributed by atoms with Crippen molar-refractivity contribution in [3.8, 4) is 0 Å². The zero-order chi connectivity index (χ0) is 12.9. The van der Waals surface area contributed by atoms with Gasteiger partial charge in [-0.05, 0) is 39.0 Å². The summed E-state index contributed by atoms with van der Waals surface area (Å²) in [5.41, 5.74) is -0.211. The van der Waals surface area contributed by atoms with Crippen LogP contribution in [0.5, 0.6) is 0 Å². The number of carboxylic acids is 1. The van der Waals surface area contributed by atoms with Crippen LogP contribution in [0.3, 0.4) is 0 Å². The lowest BCUT2D eigenvalue weighted by atomic mass is 9.81. The first-order valence-electron chi connectivity index (χ1n) is 6.06. The van der Waals surface area contributed by atoms with Crippen molar-refractivity contribution in [2.24, 2.45) is 0 Å². The molecule has 4 nitrogen and oxygen atoms in total. The molecule has 0 saturated heterocycles. The number of hydrogen-bond donors (Lipinski definition) is 1. The molecular weight excluding hydrogens is 220 g/mol. The summed E-state index contributed by atoms with van der Waals surface area (Å²) < 4.78 is 5.49. The van der Waals surface area contributed by atoms with E-state index in [-0.39, 0.29) is 6.42 Å². The monoisotopic (exact) mass is 240 g/mol. The maximum Gasteiger partial charge on any atom is 0.333 e. The molecule has 1 saturated carbocycles. The normalized spacial score (nSPS) is 18.4. The third kappa shape index (κ3) is 4.21. The van der Waals surface area contributed by atoms with Crippen molar-refractivity contribution in [3.05, 3.63) is 12.2 Å². The molecule has 0 atom stereocenters. The molecule has 1 N–H and O–H groups in total. The Morgan fingerprint density at radius 2 is 1.88 bits per heavy atom. The summed E-state index contributed by atoms with van der Waals surface area (Å²) in [7, 11) is 0. The van der Waals surface area contributed by atoms with Crippen LogP contribution in [0.25, 0.3) is 0 Å². The van der Waals surface area contributed by atoms with Gasteiger partial charge in [0.05, 0.1) is 0 Å². The first kappa shape index (κ1) is 13.7. The van der Waals surface area contributed by atoms with E-state index in [9.17, 15) is 9.59 Å². The summed E-state index contributed by atoms with van der Waals surface area (Å²) in [5.74, 6) is -1.25. The molecule has 96 valence electrons. The number of carboxylic acid groups (broad SMARTS) is 1. The van der Waals surface area contributed by atoms with E-state index in [1.807, 2.05) is 0 Å². The second kappa shape index (κ2) is 5.84. The van der Waals surface area contributed by atoms with Crippen molar-refractivity contribution in [2.75, 3.05) is 0 Å². The average Bonchev–Trinajstić information content (AvgIpc) is 2.27. The van der Waals surface area contributed by atoms with Crippen LogP contribution in [-0.4, -0.2) is 22.6 Å². The molecule has 0 radical (unpaired) electrons. The average molecular weight is 240 g/mol. The fourth-order valence-electron chi connectivity index (χ4n) is 2.22. The van der Waals surface area contributed by atoms with Gasteiger partial charge < -0.3 is 9.84 Å². The van der Waals surface area contributed by atoms with Crippen LogP contribution in [0.15, 0.2) is 12.2 Å². The highest BCUT2D eigenvalue weighted by Crippen LogP contribution is 2.36. The van der Waals surface area contributed by atoms with Crippen molar-refractivity contribution in [3.63, 3.8) is 0 Å². The van der Waals surface area contributed by atoms with E-state index in [0.29, 0.717) is 12.0 Å². The standard InChI is InChI=1S/C13H20O4/c1-10(2)12(16)17-13(9-6-11(14)15)7-4-3-5-8-13/h1,3-9H2,2H3,(H,14,15). The molecule has 0 heterocycles. The van der Waals surface area contributed by atoms with Gasteiger partial charge in [-0.15, -0.1) is 0 Å². The van der Waals surface area contributed by atoms with E-state index >= 15 is 0 Å². The van der Waals surface area contributed by atoms with E-state index in [1.54, 1.807) is 6.92 Å². The lowest BCUT2D eigenvalue weighted by Crippen LogP contribution is -2.38. The minimum absolute atomic E-state index is 0.0451. The molecule has 1 fully saturated rings. The Hall–Kier alpha value is -1.32. The third-order valence-corrected chi connectivity index (χ3v) is 3.22. The van der Waals surface area contributed by atoms with Gasteiger partial charge in [0.2, 0.25) is 0 Å². The van der Waals surface area contributed by atoms with Crippen LogP contribution in [-0.2, 0) is 14.3 Å². The van der Waals surface area contributed by atoms with Crippen LogP contribution < -0.4 is 0 Å². The van der Waals surface area contributed by atoms with Gasteiger partial charge in [-0.25, -0.2) is 4.79 Å². The fraction of sp³-hybridized carbons (Fsp3) is 0.692. The van der Waals surface area contributed by atoms with Crippen LogP contribution in [0.2, 0.25) is 0 Å². The van der Waals surface area contributed by atoms with Gasteiger partial charge in [-0.2, -0.15) is 0 Å². The summed E-state index contributed by atoms with van der Waals surface area (Å²) in [4.78, 5) is 22.2. The van der Waals surface area contributed by atoms with Crippen molar-refractivity contribution in [1.29, 1.82) is 0 Å². The second-order valence-electron chi connectivity index (χ2n) is 4.81. The van der Waals surface area contributed by atoms with E-state index in [0.717, 1.165) is 32.1 Å². The minimum atomic E-state index is -0.846. The molecule has 0 aromatic heterocycles. The van der Waals surface area contributed by atoms with E-state index in [2.05, 4.69) is 6.58 Å². The summed E-state index contributed by atoms with van der Waals surface area (Å²) in [5, 5.41) is 8.74. The van der Waals surface area contributed by atoms with Gasteiger partial charge in [0, 0.05) is 12.0 Å². The van der Waals surface area contributed by atoms with Gasteiger partial charge in [-0.1, -0.05) is 13.0 Å². The highest BCUT2D eigenvalue weighted by molar-refractivity contribution is 5.87. The van der Waals surface area contributed by atoms with Crippen molar-refractivity contribution < 1.29 is 19.4 Å². The summed E-state index contributed by atoms with van der Waals surface area (Å²) in [6, 6.07) is 0. The topological polar surface area (TPSA) is 63.6 Å². The number of carbonyl (C=O) groups excluding carboxylic acids is 1. The van der Waals surface area contributed by atoms with Gasteiger partial charge in [0.1, 0.15) is 5.60 Å². The van der Waals surface area contributed by atoms with Crippen LogP contribution in [0, 0.1) is 0 Å². The van der Waals surface area contributed by atoms with Crippen LogP contribution in [0.4, 0.5) is 0 Å². The molecule has 0 spiro atoms. The maximum absolute atomic E-state index is 11.6. The number of aliphatic carboxylic acids is 1. The molecule has 0 aliphatic heterocycles. The Labute approximate surface area is 102 Å². The number of rotatable bonds is 5. The molecule has 0 aromatic carbocycles. The Bertz CT molecular complexity index is 313. The molecule has 0 amide bonds. The fourth-order valence-corrected chi connectivity index (χ4v) is 2.22. The summed E-state index contributed by atoms with van der Waals surface area (Å²) in [6.07, 6.45) is 5.08. The van der Waals surface area contributed by atoms with E-state index < -0.39 is 17.5 Å². The molecule has 4 heteroatoms. The van der Waals surface area contributed by atoms with E-state index in [1.165, 1.54) is 0 Å². The van der Waals surface area contributed by atoms with E-state index in [4.69, 9.17) is 9.84 Å². The second-order valence-corrected chi connectivity index (χ2v) is 4.81. The number of ether oxygens (including phenoxy) is 1. The molecule has 0 bridgehead atoms. The highest BCUT2D eigenvalue weighted by Gasteiger charge is 2.36. The quantitative estimate of drug-likeness (QED) is 0.592. The molecule has 1 rings (SSSR count). The molecule has 1 aliphatic carbocycles. The maximum atomic E-state index is 11.6. The first-order valence-corrected chi connectivity index (χ1v) is 6.06. The molecular formula is C13H20O4. The predicted octanol–water partition coefficient (Wildman–Crippen LogP) is 2.67. The lowest BCUT2D eigenvalue weighted by molar-refractivity contribution is -0.161. The lowest BCUT2D eigenvalue weighted by Gasteiger charge is -2.36. The zero-order valence-electron chi connectivity index (χ0n) is 10.3. The SMILES string of the molecule is C=C(C)C(=O)OC1(CCC(=O)O)CCCCC1. The van der Waals surface area contributed by atoms with Gasteiger partial charge >= 0.3 is 11.9 Å². The van der Waals surface area contributed by atoms with Crippen LogP contribution in [0.1, 0.15) is 51.9 Å². The van der Waals surface area contributed by atoms with Crippen molar-refractivity contribution in [2.45, 2.75) is 57.5 Å². The third-order valence-electron chi connectivity index (χ3n) is 3.22. The number of hydrogen-bond acceptors (Lipinski definition) is 3. The Morgan fingerprint density at radius 1 is 1.29 bits per heavy atom. The van der Waals surface area contributed by atoms with Gasteiger partial charge in [0.25, 0.3) is 0 Å². The molecule has 1 aliphatic rings. The Kier molecular flexibility index (Phi) is 4.73. The largest absolute Gasteiger partial charge is 0.481 e. The first-order chi connectivity index (χ1) is 7.95. The summed E-state index contributed by atoms with van der Waals surface area (Å²) in [6.45, 7) is 5.16. The number of carbonyl (C=O) groups is 2. The zero-order valence-corrected chi connectivity index (χ0v) is 10.3. The highest BCUT2D eigenvalue weighted by atomic mass is 16.6. The molecule has 17 heavy (non-hydrogen) atoms.